The summed E-state index contributed by atoms with van der Waals surface area (Å²) in [6.45, 7) is 3.80. The van der Waals surface area contributed by atoms with Gasteiger partial charge in [0.25, 0.3) is 0 Å². The van der Waals surface area contributed by atoms with E-state index in [1.165, 1.54) is 32.1 Å². The second kappa shape index (κ2) is 6.82. The van der Waals surface area contributed by atoms with Crippen LogP contribution in [0.25, 0.3) is 0 Å². The van der Waals surface area contributed by atoms with Gasteiger partial charge in [0.1, 0.15) is 0 Å². The van der Waals surface area contributed by atoms with Crippen LogP contribution < -0.4 is 10.6 Å². The zero-order chi connectivity index (χ0) is 10.2. The van der Waals surface area contributed by atoms with Crippen LogP contribution in [0.4, 0.5) is 0 Å². The topological polar surface area (TPSA) is 41.1 Å². The van der Waals surface area contributed by atoms with Crippen molar-refractivity contribution in [3.63, 3.8) is 0 Å². The Kier molecular flexibility index (Phi) is 5.60. The summed E-state index contributed by atoms with van der Waals surface area (Å²) < 4.78 is 0. The molecule has 1 amide bonds. The molecule has 0 radical (unpaired) electrons. The number of hydrogen-bond acceptors (Lipinski definition) is 2. The molecule has 3 nitrogen and oxygen atoms in total. The van der Waals surface area contributed by atoms with Gasteiger partial charge in [-0.3, -0.25) is 4.79 Å². The Labute approximate surface area is 86.6 Å². The fourth-order valence-electron chi connectivity index (χ4n) is 1.93. The smallest absolute Gasteiger partial charge is 0.221 e. The number of nitrogens with one attached hydrogen (secondary N) is 2. The third-order valence-electron chi connectivity index (χ3n) is 2.75. The van der Waals surface area contributed by atoms with E-state index in [0.717, 1.165) is 13.1 Å². The molecule has 0 bridgehead atoms. The van der Waals surface area contributed by atoms with Crippen molar-refractivity contribution in [2.45, 2.75) is 51.5 Å². The first-order valence-corrected chi connectivity index (χ1v) is 5.83. The van der Waals surface area contributed by atoms with Crippen LogP contribution in [0.3, 0.4) is 0 Å². The molecule has 1 rings (SSSR count). The maximum atomic E-state index is 11.4. The molecule has 0 aromatic heterocycles. The summed E-state index contributed by atoms with van der Waals surface area (Å²) in [6.07, 6.45) is 6.85. The van der Waals surface area contributed by atoms with Crippen molar-refractivity contribution in [1.29, 1.82) is 0 Å². The second-order valence-corrected chi connectivity index (χ2v) is 4.01. The Bertz CT molecular complexity index is 165. The Morgan fingerprint density at radius 3 is 2.64 bits per heavy atom. The molecule has 3 heteroatoms. The Morgan fingerprint density at radius 2 is 2.00 bits per heavy atom. The summed E-state index contributed by atoms with van der Waals surface area (Å²) in [4.78, 5) is 11.4. The zero-order valence-electron chi connectivity index (χ0n) is 9.14. The van der Waals surface area contributed by atoms with E-state index in [4.69, 9.17) is 0 Å². The summed E-state index contributed by atoms with van der Waals surface area (Å²) in [5, 5.41) is 6.25. The van der Waals surface area contributed by atoms with E-state index in [2.05, 4.69) is 17.6 Å². The highest BCUT2D eigenvalue weighted by molar-refractivity contribution is 5.76. The maximum Gasteiger partial charge on any atom is 0.221 e. The van der Waals surface area contributed by atoms with Gasteiger partial charge >= 0.3 is 0 Å². The number of hydrogen-bond donors (Lipinski definition) is 2. The summed E-state index contributed by atoms with van der Waals surface area (Å²) in [5.41, 5.74) is 0. The van der Waals surface area contributed by atoms with Gasteiger partial charge in [-0.1, -0.05) is 26.2 Å². The van der Waals surface area contributed by atoms with Crippen molar-refractivity contribution in [3.05, 3.63) is 0 Å². The molecule has 2 N–H and O–H groups in total. The molecule has 0 heterocycles. The average Bonchev–Trinajstić information content (AvgIpc) is 2.20. The van der Waals surface area contributed by atoms with E-state index in [1.807, 2.05) is 0 Å². The Hall–Kier alpha value is -0.570. The van der Waals surface area contributed by atoms with E-state index in [-0.39, 0.29) is 5.91 Å². The van der Waals surface area contributed by atoms with Gasteiger partial charge in [-0.05, 0) is 19.4 Å². The molecule has 0 unspecified atom stereocenters. The van der Waals surface area contributed by atoms with Crippen LogP contribution in [0, 0.1) is 0 Å². The monoisotopic (exact) mass is 198 g/mol. The number of rotatable bonds is 5. The highest BCUT2D eigenvalue weighted by Gasteiger charge is 2.14. The van der Waals surface area contributed by atoms with Crippen LogP contribution >= 0.6 is 0 Å². The minimum Gasteiger partial charge on any atom is -0.353 e. The van der Waals surface area contributed by atoms with E-state index < -0.39 is 0 Å². The molecule has 0 aromatic rings. The van der Waals surface area contributed by atoms with Gasteiger partial charge in [-0.2, -0.15) is 0 Å². The first-order valence-electron chi connectivity index (χ1n) is 5.83. The summed E-state index contributed by atoms with van der Waals surface area (Å²) >= 11 is 0. The molecule has 0 aromatic carbocycles. The highest BCUT2D eigenvalue weighted by Crippen LogP contribution is 2.17. The maximum absolute atomic E-state index is 11.4. The van der Waals surface area contributed by atoms with Gasteiger partial charge in [-0.15, -0.1) is 0 Å². The van der Waals surface area contributed by atoms with Crippen LogP contribution in [0.1, 0.15) is 45.4 Å². The van der Waals surface area contributed by atoms with E-state index in [9.17, 15) is 4.79 Å². The van der Waals surface area contributed by atoms with Gasteiger partial charge < -0.3 is 10.6 Å². The van der Waals surface area contributed by atoms with Crippen LogP contribution in [-0.2, 0) is 4.79 Å². The van der Waals surface area contributed by atoms with E-state index in [0.29, 0.717) is 12.5 Å². The molecule has 1 fully saturated rings. The molecule has 0 aliphatic heterocycles. The molecular formula is C11H22N2O. The van der Waals surface area contributed by atoms with E-state index >= 15 is 0 Å². The fraction of sp³-hybridized carbons (Fsp3) is 0.909. The van der Waals surface area contributed by atoms with Crippen molar-refractivity contribution in [1.82, 2.24) is 10.6 Å². The number of carbonyl (C=O) groups excluding carboxylic acids is 1. The third kappa shape index (κ3) is 4.61. The second-order valence-electron chi connectivity index (χ2n) is 4.01. The molecule has 1 saturated carbocycles. The Balaban J connectivity index is 2.06. The largest absolute Gasteiger partial charge is 0.353 e. The minimum atomic E-state index is 0.206. The normalized spacial score (nSPS) is 18.1. The molecule has 1 aliphatic carbocycles. The van der Waals surface area contributed by atoms with Crippen LogP contribution in [0.2, 0.25) is 0 Å². The van der Waals surface area contributed by atoms with Crippen LogP contribution in [-0.4, -0.2) is 25.0 Å². The number of amides is 1. The van der Waals surface area contributed by atoms with Gasteiger partial charge in [0.05, 0.1) is 0 Å². The minimum absolute atomic E-state index is 0.206. The lowest BCUT2D eigenvalue weighted by molar-refractivity contribution is -0.121. The first-order chi connectivity index (χ1) is 6.83. The predicted octanol–water partition coefficient (Wildman–Crippen LogP) is 1.43. The summed E-state index contributed by atoms with van der Waals surface area (Å²) in [5.74, 6) is 0.206. The lowest BCUT2D eigenvalue weighted by atomic mass is 9.95. The first kappa shape index (κ1) is 11.5. The van der Waals surface area contributed by atoms with Crippen molar-refractivity contribution < 1.29 is 4.79 Å². The zero-order valence-corrected chi connectivity index (χ0v) is 9.14. The lowest BCUT2D eigenvalue weighted by Gasteiger charge is -2.22. The average molecular weight is 198 g/mol. The molecule has 0 spiro atoms. The number of carbonyl (C=O) groups is 1. The van der Waals surface area contributed by atoms with Crippen molar-refractivity contribution >= 4 is 5.91 Å². The van der Waals surface area contributed by atoms with Crippen molar-refractivity contribution in [2.24, 2.45) is 0 Å². The molecule has 0 atom stereocenters. The quantitative estimate of drug-likeness (QED) is 0.656. The third-order valence-corrected chi connectivity index (χ3v) is 2.75. The summed E-state index contributed by atoms with van der Waals surface area (Å²) in [6, 6.07) is 0.456. The Morgan fingerprint density at radius 1 is 1.29 bits per heavy atom. The molecule has 82 valence electrons. The van der Waals surface area contributed by atoms with Crippen molar-refractivity contribution in [3.8, 4) is 0 Å². The SMILES string of the molecule is CCNCCC(=O)NC1CCCCC1. The van der Waals surface area contributed by atoms with Gasteiger partial charge in [0.15, 0.2) is 0 Å². The molecule has 0 saturated heterocycles. The van der Waals surface area contributed by atoms with Crippen molar-refractivity contribution in [2.75, 3.05) is 13.1 Å². The molecule has 1 aliphatic rings. The predicted molar refractivity (Wildman–Crippen MR) is 58.2 cm³/mol. The molecule has 14 heavy (non-hydrogen) atoms. The standard InChI is InChI=1S/C11H22N2O/c1-2-12-9-8-11(14)13-10-6-4-3-5-7-10/h10,12H,2-9H2,1H3,(H,13,14). The van der Waals surface area contributed by atoms with E-state index in [1.54, 1.807) is 0 Å². The van der Waals surface area contributed by atoms with Gasteiger partial charge in [0.2, 0.25) is 5.91 Å². The lowest BCUT2D eigenvalue weighted by Crippen LogP contribution is -2.37. The van der Waals surface area contributed by atoms with Crippen LogP contribution in [0.5, 0.6) is 0 Å². The highest BCUT2D eigenvalue weighted by atomic mass is 16.1. The van der Waals surface area contributed by atoms with Gasteiger partial charge in [-0.25, -0.2) is 0 Å². The fourth-order valence-corrected chi connectivity index (χ4v) is 1.93. The van der Waals surface area contributed by atoms with Crippen LogP contribution in [0.15, 0.2) is 0 Å². The summed E-state index contributed by atoms with van der Waals surface area (Å²) in [7, 11) is 0. The van der Waals surface area contributed by atoms with Gasteiger partial charge in [0, 0.05) is 19.0 Å². The molecular weight excluding hydrogens is 176 g/mol.